The van der Waals surface area contributed by atoms with Gasteiger partial charge in [0, 0.05) is 0 Å². The zero-order chi connectivity index (χ0) is 11.9. The summed E-state index contributed by atoms with van der Waals surface area (Å²) in [6, 6.07) is 8.36. The molecule has 0 aliphatic heterocycles. The van der Waals surface area contributed by atoms with Crippen LogP contribution in [0.1, 0.15) is 24.5 Å². The van der Waals surface area contributed by atoms with E-state index in [1.54, 1.807) is 6.92 Å². The van der Waals surface area contributed by atoms with Gasteiger partial charge in [0.15, 0.2) is 0 Å². The van der Waals surface area contributed by atoms with Gasteiger partial charge in [-0.25, -0.2) is 0 Å². The number of benzene rings is 1. The lowest BCUT2D eigenvalue weighted by atomic mass is 10.1. The van der Waals surface area contributed by atoms with Crippen molar-refractivity contribution in [2.24, 2.45) is 0 Å². The summed E-state index contributed by atoms with van der Waals surface area (Å²) in [4.78, 5) is 0. The van der Waals surface area contributed by atoms with Crippen molar-refractivity contribution in [1.82, 2.24) is 0 Å². The summed E-state index contributed by atoms with van der Waals surface area (Å²) in [7, 11) is -3.67. The molecular weight excluding hydrogens is 228 g/mol. The molecule has 3 N–H and O–H groups in total. The Morgan fingerprint density at radius 3 is 1.62 bits per heavy atom. The highest BCUT2D eigenvalue weighted by Gasteiger charge is 1.98. The first kappa shape index (κ1) is 17.5. The molecule has 0 spiro atoms. The van der Waals surface area contributed by atoms with Crippen molar-refractivity contribution in [3.63, 3.8) is 0 Å². The quantitative estimate of drug-likeness (QED) is 0.809. The van der Waals surface area contributed by atoms with Gasteiger partial charge in [-0.2, -0.15) is 8.42 Å². The molecule has 0 fully saturated rings. The number of hydrogen-bond donors (Lipinski definition) is 1. The second-order valence-corrected chi connectivity index (χ2v) is 4.94. The molecule has 0 aliphatic rings. The second kappa shape index (κ2) is 8.27. The van der Waals surface area contributed by atoms with Crippen molar-refractivity contribution in [1.29, 1.82) is 0 Å². The van der Waals surface area contributed by atoms with Crippen LogP contribution in [0.5, 0.6) is 0 Å². The third-order valence-corrected chi connectivity index (χ3v) is 2.81. The van der Waals surface area contributed by atoms with Crippen molar-refractivity contribution >= 4 is 10.1 Å². The van der Waals surface area contributed by atoms with Crippen LogP contribution < -0.4 is 0 Å². The minimum Gasteiger partial charge on any atom is -0.412 e. The van der Waals surface area contributed by atoms with Gasteiger partial charge >= 0.3 is 0 Å². The molecule has 94 valence electrons. The van der Waals surface area contributed by atoms with E-state index in [0.717, 1.165) is 0 Å². The lowest BCUT2D eigenvalue weighted by Gasteiger charge is -1.93. The van der Waals surface area contributed by atoms with E-state index in [0.29, 0.717) is 6.42 Å². The topological polar surface area (TPSA) is 85.9 Å². The first-order chi connectivity index (χ1) is 6.87. The summed E-state index contributed by atoms with van der Waals surface area (Å²) in [5.41, 5.74) is 2.74. The fourth-order valence-electron chi connectivity index (χ4n) is 0.921. The second-order valence-electron chi connectivity index (χ2n) is 3.37. The first-order valence-electron chi connectivity index (χ1n) is 4.84. The highest BCUT2D eigenvalue weighted by atomic mass is 32.2. The Labute approximate surface area is 97.4 Å². The summed E-state index contributed by atoms with van der Waals surface area (Å²) in [6.45, 7) is 5.93. The minimum absolute atomic E-state index is 0. The van der Waals surface area contributed by atoms with Crippen LogP contribution in [0, 0.1) is 13.8 Å². The summed E-state index contributed by atoms with van der Waals surface area (Å²) in [5, 5.41) is 0. The van der Waals surface area contributed by atoms with Crippen LogP contribution in [0.4, 0.5) is 0 Å². The van der Waals surface area contributed by atoms with Crippen molar-refractivity contribution in [3.8, 4) is 0 Å². The zero-order valence-electron chi connectivity index (χ0n) is 9.90. The van der Waals surface area contributed by atoms with Crippen LogP contribution in [-0.2, 0) is 10.1 Å². The van der Waals surface area contributed by atoms with Gasteiger partial charge in [0.2, 0.25) is 0 Å². The summed E-state index contributed by atoms with van der Waals surface area (Å²) in [5.74, 6) is -0.132. The lowest BCUT2D eigenvalue weighted by molar-refractivity contribution is 0.482. The predicted molar refractivity (Wildman–Crippen MR) is 66.2 cm³/mol. The van der Waals surface area contributed by atoms with Crippen molar-refractivity contribution < 1.29 is 18.4 Å². The van der Waals surface area contributed by atoms with Crippen molar-refractivity contribution in [3.05, 3.63) is 35.4 Å². The molecule has 0 bridgehead atoms. The molecule has 1 aromatic rings. The van der Waals surface area contributed by atoms with Gasteiger partial charge in [0.25, 0.3) is 10.1 Å². The number of hydrogen-bond acceptors (Lipinski definition) is 2. The van der Waals surface area contributed by atoms with Gasteiger partial charge in [-0.05, 0) is 31.4 Å². The maximum absolute atomic E-state index is 9.79. The van der Waals surface area contributed by atoms with Crippen molar-refractivity contribution in [2.45, 2.75) is 27.2 Å². The Bertz CT molecular complexity index is 364. The van der Waals surface area contributed by atoms with Gasteiger partial charge < -0.3 is 5.48 Å². The maximum Gasteiger partial charge on any atom is 0.264 e. The molecule has 0 heterocycles. The van der Waals surface area contributed by atoms with Crippen LogP contribution >= 0.6 is 0 Å². The van der Waals surface area contributed by atoms with Crippen molar-refractivity contribution in [2.75, 3.05) is 5.75 Å². The fraction of sp³-hybridized carbons (Fsp3) is 0.455. The van der Waals surface area contributed by atoms with E-state index >= 15 is 0 Å². The molecule has 0 amide bonds. The average Bonchev–Trinajstić information content (AvgIpc) is 2.09. The Hall–Kier alpha value is -0.910. The zero-order valence-corrected chi connectivity index (χ0v) is 10.7. The molecule has 0 saturated heterocycles. The van der Waals surface area contributed by atoms with Gasteiger partial charge in [-0.15, -0.1) is 0 Å². The van der Waals surface area contributed by atoms with Gasteiger partial charge in [-0.1, -0.05) is 31.2 Å². The Morgan fingerprint density at radius 1 is 1.12 bits per heavy atom. The molecule has 1 aromatic carbocycles. The molecule has 0 atom stereocenters. The molecule has 0 aliphatic carbocycles. The van der Waals surface area contributed by atoms with E-state index in [9.17, 15) is 8.42 Å². The Kier molecular flexibility index (Phi) is 9.03. The normalized spacial score (nSPS) is 9.75. The molecule has 0 radical (unpaired) electrons. The Morgan fingerprint density at radius 2 is 1.50 bits per heavy atom. The van der Waals surface area contributed by atoms with Crippen LogP contribution in [0.2, 0.25) is 0 Å². The highest BCUT2D eigenvalue weighted by Crippen LogP contribution is 2.02. The Balaban J connectivity index is 0. The van der Waals surface area contributed by atoms with E-state index < -0.39 is 10.1 Å². The monoisotopic (exact) mass is 248 g/mol. The van der Waals surface area contributed by atoms with Gasteiger partial charge in [0.05, 0.1) is 5.75 Å². The average molecular weight is 248 g/mol. The largest absolute Gasteiger partial charge is 0.412 e. The third kappa shape index (κ3) is 9.64. The van der Waals surface area contributed by atoms with Crippen LogP contribution in [0.25, 0.3) is 0 Å². The highest BCUT2D eigenvalue weighted by molar-refractivity contribution is 7.85. The number of aryl methyl sites for hydroxylation is 2. The molecular formula is C11H20O4S. The number of rotatable bonds is 2. The van der Waals surface area contributed by atoms with Gasteiger partial charge in [-0.3, -0.25) is 4.55 Å². The van der Waals surface area contributed by atoms with Crippen LogP contribution in [-0.4, -0.2) is 24.2 Å². The van der Waals surface area contributed by atoms with E-state index in [1.807, 2.05) is 0 Å². The minimum atomic E-state index is -3.67. The molecule has 0 unspecified atom stereocenters. The van der Waals surface area contributed by atoms with E-state index in [2.05, 4.69) is 38.1 Å². The standard InChI is InChI=1S/C8H10.C3H8O3S.H2O/c1-7-5-3-4-6-8(7)2;1-2-3-7(4,5)6;/h3-6H,1-2H3;2-3H2,1H3,(H,4,5,6);1H2. The lowest BCUT2D eigenvalue weighted by Crippen LogP contribution is -2.01. The molecule has 1 rings (SSSR count). The van der Waals surface area contributed by atoms with E-state index in [4.69, 9.17) is 4.55 Å². The van der Waals surface area contributed by atoms with E-state index in [1.165, 1.54) is 11.1 Å². The SMILES string of the molecule is CCCS(=O)(=O)O.Cc1ccccc1C.O. The maximum atomic E-state index is 9.79. The molecule has 4 nitrogen and oxygen atoms in total. The third-order valence-electron chi connectivity index (χ3n) is 1.89. The molecule has 0 saturated carbocycles. The summed E-state index contributed by atoms with van der Waals surface area (Å²) in [6.07, 6.45) is 0.471. The molecule has 16 heavy (non-hydrogen) atoms. The summed E-state index contributed by atoms with van der Waals surface area (Å²) < 4.78 is 27.6. The van der Waals surface area contributed by atoms with Crippen LogP contribution in [0.3, 0.4) is 0 Å². The molecule has 0 aromatic heterocycles. The van der Waals surface area contributed by atoms with E-state index in [-0.39, 0.29) is 11.2 Å². The predicted octanol–water partition coefficient (Wildman–Crippen LogP) is 1.76. The molecule has 5 heteroatoms. The fourth-order valence-corrected chi connectivity index (χ4v) is 1.44. The smallest absolute Gasteiger partial charge is 0.264 e. The van der Waals surface area contributed by atoms with Gasteiger partial charge in [0.1, 0.15) is 0 Å². The van der Waals surface area contributed by atoms with Crippen LogP contribution in [0.15, 0.2) is 24.3 Å². The first-order valence-corrected chi connectivity index (χ1v) is 6.45. The summed E-state index contributed by atoms with van der Waals surface area (Å²) >= 11 is 0.